The van der Waals surface area contributed by atoms with E-state index in [2.05, 4.69) is 21.2 Å². The van der Waals surface area contributed by atoms with E-state index in [-0.39, 0.29) is 12.1 Å². The van der Waals surface area contributed by atoms with Crippen LogP contribution < -0.4 is 5.32 Å². The van der Waals surface area contributed by atoms with Crippen molar-refractivity contribution >= 4 is 33.5 Å². The first kappa shape index (κ1) is 16.6. The normalized spacial score (nSPS) is 11.2. The Morgan fingerprint density at radius 1 is 1.35 bits per heavy atom. The van der Waals surface area contributed by atoms with Gasteiger partial charge in [0.25, 0.3) is 0 Å². The summed E-state index contributed by atoms with van der Waals surface area (Å²) in [5.74, 6) is -2.08. The molecule has 0 saturated heterocycles. The Labute approximate surface area is 125 Å². The first-order valence-corrected chi connectivity index (χ1v) is 7.12. The molecule has 0 heterocycles. The van der Waals surface area contributed by atoms with Crippen molar-refractivity contribution in [3.8, 4) is 0 Å². The quantitative estimate of drug-likeness (QED) is 0.823. The minimum Gasteiger partial charge on any atom is -0.481 e. The van der Waals surface area contributed by atoms with Crippen molar-refractivity contribution in [3.05, 3.63) is 28.5 Å². The van der Waals surface area contributed by atoms with Gasteiger partial charge >= 0.3 is 5.97 Å². The molecule has 0 radical (unpaired) electrons. The number of hydrogen-bond acceptors (Lipinski definition) is 2. The molecule has 0 aromatic heterocycles. The molecule has 0 aliphatic rings. The van der Waals surface area contributed by atoms with Gasteiger partial charge in [0.2, 0.25) is 5.91 Å². The molecule has 4 nitrogen and oxygen atoms in total. The summed E-state index contributed by atoms with van der Waals surface area (Å²) in [5, 5.41) is 11.7. The summed E-state index contributed by atoms with van der Waals surface area (Å²) < 4.78 is 14.2. The largest absolute Gasteiger partial charge is 0.481 e. The summed E-state index contributed by atoms with van der Waals surface area (Å²) >= 11 is 3.12. The standard InChI is InChI=1S/C14H17BrFNO3/c1-3-14(4-2,13(19)20)8-12(18)17-11-6-5-9(15)7-10(11)16/h5-7H,3-4,8H2,1-2H3,(H,17,18)(H,19,20). The number of rotatable bonds is 6. The van der Waals surface area contributed by atoms with E-state index in [9.17, 15) is 19.1 Å². The van der Waals surface area contributed by atoms with Gasteiger partial charge < -0.3 is 10.4 Å². The van der Waals surface area contributed by atoms with E-state index < -0.39 is 23.1 Å². The van der Waals surface area contributed by atoms with Crippen molar-refractivity contribution in [1.29, 1.82) is 0 Å². The van der Waals surface area contributed by atoms with Crippen molar-refractivity contribution in [2.45, 2.75) is 33.1 Å². The lowest BCUT2D eigenvalue weighted by atomic mass is 9.79. The number of carboxylic acids is 1. The number of nitrogens with one attached hydrogen (secondary N) is 1. The summed E-state index contributed by atoms with van der Waals surface area (Å²) in [4.78, 5) is 23.3. The number of benzene rings is 1. The third-order valence-corrected chi connectivity index (χ3v) is 4.00. The second-order valence-corrected chi connectivity index (χ2v) is 5.56. The Balaban J connectivity index is 2.83. The fourth-order valence-corrected chi connectivity index (χ4v) is 2.30. The molecule has 0 aliphatic heterocycles. The molecular weight excluding hydrogens is 329 g/mol. The number of amides is 1. The van der Waals surface area contributed by atoms with Crippen LogP contribution in [0.4, 0.5) is 10.1 Å². The van der Waals surface area contributed by atoms with Gasteiger partial charge in [0.15, 0.2) is 0 Å². The van der Waals surface area contributed by atoms with Crippen LogP contribution in [0, 0.1) is 11.2 Å². The van der Waals surface area contributed by atoms with Crippen LogP contribution in [0.15, 0.2) is 22.7 Å². The lowest BCUT2D eigenvalue weighted by molar-refractivity contribution is -0.151. The molecule has 0 spiro atoms. The van der Waals surface area contributed by atoms with Gasteiger partial charge in [-0.1, -0.05) is 29.8 Å². The summed E-state index contributed by atoms with van der Waals surface area (Å²) in [7, 11) is 0. The van der Waals surface area contributed by atoms with Crippen molar-refractivity contribution in [1.82, 2.24) is 0 Å². The molecule has 1 rings (SSSR count). The molecule has 0 unspecified atom stereocenters. The van der Waals surface area contributed by atoms with Gasteiger partial charge in [0, 0.05) is 10.9 Å². The zero-order valence-corrected chi connectivity index (χ0v) is 13.0. The van der Waals surface area contributed by atoms with Crippen molar-refractivity contribution in [2.75, 3.05) is 5.32 Å². The number of aliphatic carboxylic acids is 1. The van der Waals surface area contributed by atoms with Crippen LogP contribution in [-0.4, -0.2) is 17.0 Å². The average Bonchev–Trinajstić information content (AvgIpc) is 2.39. The van der Waals surface area contributed by atoms with Gasteiger partial charge in [-0.3, -0.25) is 9.59 Å². The zero-order chi connectivity index (χ0) is 15.3. The first-order valence-electron chi connectivity index (χ1n) is 6.33. The van der Waals surface area contributed by atoms with Gasteiger partial charge in [-0.05, 0) is 31.0 Å². The van der Waals surface area contributed by atoms with E-state index in [0.717, 1.165) is 0 Å². The number of hydrogen-bond donors (Lipinski definition) is 2. The van der Waals surface area contributed by atoms with Crippen LogP contribution in [-0.2, 0) is 9.59 Å². The number of carbonyl (C=O) groups excluding carboxylic acids is 1. The number of carbonyl (C=O) groups is 2. The number of anilines is 1. The molecule has 0 aliphatic carbocycles. The summed E-state index contributed by atoms with van der Waals surface area (Å²) in [6.07, 6.45) is 0.509. The SMILES string of the molecule is CCC(CC)(CC(=O)Nc1ccc(Br)cc1F)C(=O)O. The first-order chi connectivity index (χ1) is 9.34. The Morgan fingerprint density at radius 3 is 2.40 bits per heavy atom. The molecule has 0 atom stereocenters. The van der Waals surface area contributed by atoms with Gasteiger partial charge in [0.05, 0.1) is 11.1 Å². The topological polar surface area (TPSA) is 66.4 Å². The molecule has 6 heteroatoms. The predicted octanol–water partition coefficient (Wildman–Crippen LogP) is 3.81. The molecule has 20 heavy (non-hydrogen) atoms. The highest BCUT2D eigenvalue weighted by molar-refractivity contribution is 9.10. The molecule has 0 fully saturated rings. The Kier molecular flexibility index (Phi) is 5.68. The Hall–Kier alpha value is -1.43. The number of carboxylic acid groups (broad SMARTS) is 1. The monoisotopic (exact) mass is 345 g/mol. The number of halogens is 2. The third kappa shape index (κ3) is 3.79. The molecule has 1 aromatic carbocycles. The van der Waals surface area contributed by atoms with Crippen LogP contribution in [0.1, 0.15) is 33.1 Å². The average molecular weight is 346 g/mol. The van der Waals surface area contributed by atoms with Gasteiger partial charge in [0.1, 0.15) is 5.82 Å². The Bertz CT molecular complexity index is 515. The summed E-state index contributed by atoms with van der Waals surface area (Å²) in [5.41, 5.74) is -1.06. The van der Waals surface area contributed by atoms with Gasteiger partial charge in [-0.2, -0.15) is 0 Å². The maximum Gasteiger partial charge on any atom is 0.310 e. The van der Waals surface area contributed by atoms with Crippen molar-refractivity contribution < 1.29 is 19.1 Å². The molecule has 110 valence electrons. The fourth-order valence-electron chi connectivity index (χ4n) is 1.97. The molecule has 0 saturated carbocycles. The van der Waals surface area contributed by atoms with E-state index in [1.165, 1.54) is 12.1 Å². The highest BCUT2D eigenvalue weighted by atomic mass is 79.9. The second kappa shape index (κ2) is 6.83. The lowest BCUT2D eigenvalue weighted by Crippen LogP contribution is -2.34. The smallest absolute Gasteiger partial charge is 0.310 e. The third-order valence-electron chi connectivity index (χ3n) is 3.51. The van der Waals surface area contributed by atoms with E-state index >= 15 is 0 Å². The summed E-state index contributed by atoms with van der Waals surface area (Å²) in [6.45, 7) is 3.45. The van der Waals surface area contributed by atoms with Crippen LogP contribution in [0.2, 0.25) is 0 Å². The Morgan fingerprint density at radius 2 is 1.95 bits per heavy atom. The highest BCUT2D eigenvalue weighted by Crippen LogP contribution is 2.31. The molecule has 2 N–H and O–H groups in total. The summed E-state index contributed by atoms with van der Waals surface area (Å²) in [6, 6.07) is 4.26. The van der Waals surface area contributed by atoms with Crippen LogP contribution in [0.25, 0.3) is 0 Å². The highest BCUT2D eigenvalue weighted by Gasteiger charge is 2.37. The van der Waals surface area contributed by atoms with E-state index in [1.54, 1.807) is 19.9 Å². The lowest BCUT2D eigenvalue weighted by Gasteiger charge is -2.25. The van der Waals surface area contributed by atoms with Crippen molar-refractivity contribution in [2.24, 2.45) is 5.41 Å². The maximum atomic E-state index is 13.6. The van der Waals surface area contributed by atoms with E-state index in [1.807, 2.05) is 0 Å². The van der Waals surface area contributed by atoms with Gasteiger partial charge in [-0.15, -0.1) is 0 Å². The van der Waals surface area contributed by atoms with Crippen molar-refractivity contribution in [3.63, 3.8) is 0 Å². The minimum absolute atomic E-state index is 0.0460. The van der Waals surface area contributed by atoms with E-state index in [4.69, 9.17) is 0 Å². The molecule has 1 aromatic rings. The maximum absolute atomic E-state index is 13.6. The van der Waals surface area contributed by atoms with Crippen LogP contribution in [0.3, 0.4) is 0 Å². The minimum atomic E-state index is -1.10. The van der Waals surface area contributed by atoms with Gasteiger partial charge in [-0.25, -0.2) is 4.39 Å². The van der Waals surface area contributed by atoms with Crippen LogP contribution in [0.5, 0.6) is 0 Å². The predicted molar refractivity (Wildman–Crippen MR) is 78.0 cm³/mol. The second-order valence-electron chi connectivity index (χ2n) is 4.64. The fraction of sp³-hybridized carbons (Fsp3) is 0.429. The molecule has 1 amide bonds. The molecule has 0 bridgehead atoms. The van der Waals surface area contributed by atoms with Crippen LogP contribution >= 0.6 is 15.9 Å². The van der Waals surface area contributed by atoms with E-state index in [0.29, 0.717) is 17.3 Å². The molecular formula is C14H17BrFNO3. The zero-order valence-electron chi connectivity index (χ0n) is 11.4.